The average molecular weight is 432 g/mol. The van der Waals surface area contributed by atoms with Crippen LogP contribution in [0.15, 0.2) is 29.6 Å². The number of alkyl halides is 5. The SMILES string of the molecule is CCS(=O)(=O)c1cc(Cl)cnc1-c1cnc(OCC(F)(F)C(F)(F)F)cn1. The van der Waals surface area contributed by atoms with Gasteiger partial charge in [-0.15, -0.1) is 0 Å². The van der Waals surface area contributed by atoms with Crippen LogP contribution in [0.25, 0.3) is 11.4 Å². The summed E-state index contributed by atoms with van der Waals surface area (Å²) in [6.07, 6.45) is -2.88. The molecular formula is C14H11ClF5N3O3S. The first-order chi connectivity index (χ1) is 12.4. The molecule has 0 radical (unpaired) electrons. The smallest absolute Gasteiger partial charge is 0.456 e. The zero-order valence-corrected chi connectivity index (χ0v) is 15.0. The first kappa shape index (κ1) is 21.2. The number of pyridine rings is 1. The molecular weight excluding hydrogens is 421 g/mol. The molecule has 0 saturated heterocycles. The highest BCUT2D eigenvalue weighted by atomic mass is 35.5. The summed E-state index contributed by atoms with van der Waals surface area (Å²) in [7, 11) is -3.73. The van der Waals surface area contributed by atoms with E-state index in [1.54, 1.807) is 0 Å². The summed E-state index contributed by atoms with van der Waals surface area (Å²) < 4.78 is 90.6. The van der Waals surface area contributed by atoms with Crippen molar-refractivity contribution in [3.63, 3.8) is 0 Å². The van der Waals surface area contributed by atoms with Gasteiger partial charge in [0.1, 0.15) is 11.4 Å². The van der Waals surface area contributed by atoms with Gasteiger partial charge in [0.2, 0.25) is 5.88 Å². The number of ether oxygens (including phenoxy) is 1. The number of halogens is 6. The number of hydrogen-bond acceptors (Lipinski definition) is 6. The van der Waals surface area contributed by atoms with E-state index in [0.717, 1.165) is 12.4 Å². The second-order valence-corrected chi connectivity index (χ2v) is 7.82. The van der Waals surface area contributed by atoms with Crippen molar-refractivity contribution in [2.24, 2.45) is 0 Å². The van der Waals surface area contributed by atoms with Crippen LogP contribution in [0.1, 0.15) is 6.92 Å². The second-order valence-electron chi connectivity index (χ2n) is 5.13. The first-order valence-corrected chi connectivity index (χ1v) is 9.18. The third kappa shape index (κ3) is 4.80. The molecule has 2 heterocycles. The van der Waals surface area contributed by atoms with Gasteiger partial charge in [0.25, 0.3) is 0 Å². The van der Waals surface area contributed by atoms with E-state index in [1.165, 1.54) is 19.2 Å². The summed E-state index contributed by atoms with van der Waals surface area (Å²) in [4.78, 5) is 11.0. The molecule has 0 unspecified atom stereocenters. The van der Waals surface area contributed by atoms with Gasteiger partial charge in [-0.1, -0.05) is 18.5 Å². The Labute approximate surface area is 155 Å². The number of aromatic nitrogens is 3. The van der Waals surface area contributed by atoms with Crippen LogP contribution in [0.4, 0.5) is 22.0 Å². The van der Waals surface area contributed by atoms with Gasteiger partial charge in [0.05, 0.1) is 28.1 Å². The van der Waals surface area contributed by atoms with Crippen molar-refractivity contribution < 1.29 is 35.1 Å². The maximum Gasteiger partial charge on any atom is 0.456 e. The topological polar surface area (TPSA) is 82.0 Å². The zero-order valence-electron chi connectivity index (χ0n) is 13.5. The Morgan fingerprint density at radius 3 is 2.26 bits per heavy atom. The van der Waals surface area contributed by atoms with Crippen molar-refractivity contribution in [2.45, 2.75) is 23.9 Å². The van der Waals surface area contributed by atoms with E-state index in [4.69, 9.17) is 11.6 Å². The Hall–Kier alpha value is -2.08. The predicted molar refractivity (Wildman–Crippen MR) is 84.5 cm³/mol. The largest absolute Gasteiger partial charge is 0.470 e. The lowest BCUT2D eigenvalue weighted by Gasteiger charge is -2.19. The molecule has 2 aromatic rings. The molecule has 0 spiro atoms. The Balaban J connectivity index is 2.29. The molecule has 0 atom stereocenters. The van der Waals surface area contributed by atoms with Crippen LogP contribution in [-0.4, -0.2) is 47.8 Å². The van der Waals surface area contributed by atoms with Crippen molar-refractivity contribution in [3.8, 4) is 17.3 Å². The van der Waals surface area contributed by atoms with Gasteiger partial charge in [-0.3, -0.25) is 4.98 Å². The first-order valence-electron chi connectivity index (χ1n) is 7.15. The number of sulfone groups is 1. The van der Waals surface area contributed by atoms with Crippen LogP contribution in [0.3, 0.4) is 0 Å². The molecule has 0 aliphatic heterocycles. The zero-order chi connectivity index (χ0) is 20.5. The molecule has 0 bridgehead atoms. The summed E-state index contributed by atoms with van der Waals surface area (Å²) in [6, 6.07) is 1.17. The lowest BCUT2D eigenvalue weighted by molar-refractivity contribution is -0.290. The fraction of sp³-hybridized carbons (Fsp3) is 0.357. The van der Waals surface area contributed by atoms with E-state index in [2.05, 4.69) is 19.7 Å². The van der Waals surface area contributed by atoms with E-state index in [-0.39, 0.29) is 27.1 Å². The Kier molecular flexibility index (Phi) is 5.90. The Morgan fingerprint density at radius 1 is 1.07 bits per heavy atom. The minimum absolute atomic E-state index is 0.0615. The minimum Gasteiger partial charge on any atom is -0.470 e. The van der Waals surface area contributed by atoms with E-state index >= 15 is 0 Å². The lowest BCUT2D eigenvalue weighted by atomic mass is 10.3. The highest BCUT2D eigenvalue weighted by Crippen LogP contribution is 2.35. The molecule has 2 aromatic heterocycles. The molecule has 2 rings (SSSR count). The number of hydrogen-bond donors (Lipinski definition) is 0. The summed E-state index contributed by atoms with van der Waals surface area (Å²) in [5.41, 5.74) is -0.158. The van der Waals surface area contributed by atoms with Crippen molar-refractivity contribution in [2.75, 3.05) is 12.4 Å². The molecule has 0 fully saturated rings. The molecule has 0 aliphatic carbocycles. The summed E-state index contributed by atoms with van der Waals surface area (Å²) >= 11 is 5.77. The summed E-state index contributed by atoms with van der Waals surface area (Å²) in [5.74, 6) is -5.91. The van der Waals surface area contributed by atoms with Crippen molar-refractivity contribution in [3.05, 3.63) is 29.7 Å². The highest BCUT2D eigenvalue weighted by Gasteiger charge is 2.58. The molecule has 148 valence electrons. The standard InChI is InChI=1S/C14H11ClF5N3O3S/c1-2-27(24,25)10-3-8(15)4-23-12(10)9-5-22-11(6-21-9)26-7-13(16,17)14(18,19)20/h3-6H,2,7H2,1H3. The summed E-state index contributed by atoms with van der Waals surface area (Å²) in [6.45, 7) is -0.567. The van der Waals surface area contributed by atoms with Gasteiger partial charge in [0, 0.05) is 6.20 Å². The predicted octanol–water partition coefficient (Wildman–Crippen LogP) is 3.56. The van der Waals surface area contributed by atoms with Crippen LogP contribution in [0.2, 0.25) is 5.02 Å². The molecule has 0 amide bonds. The van der Waals surface area contributed by atoms with E-state index in [0.29, 0.717) is 0 Å². The van der Waals surface area contributed by atoms with E-state index in [1.807, 2.05) is 0 Å². The van der Waals surface area contributed by atoms with Gasteiger partial charge in [-0.05, 0) is 6.07 Å². The molecule has 6 nitrogen and oxygen atoms in total. The maximum absolute atomic E-state index is 12.8. The van der Waals surface area contributed by atoms with Gasteiger partial charge in [0.15, 0.2) is 16.4 Å². The van der Waals surface area contributed by atoms with Gasteiger partial charge < -0.3 is 4.74 Å². The van der Waals surface area contributed by atoms with E-state index < -0.39 is 34.4 Å². The monoisotopic (exact) mass is 431 g/mol. The van der Waals surface area contributed by atoms with Crippen LogP contribution in [-0.2, 0) is 9.84 Å². The van der Waals surface area contributed by atoms with Crippen molar-refractivity contribution >= 4 is 21.4 Å². The van der Waals surface area contributed by atoms with Gasteiger partial charge in [-0.2, -0.15) is 22.0 Å². The number of rotatable bonds is 6. The van der Waals surface area contributed by atoms with E-state index in [9.17, 15) is 30.4 Å². The normalized spacial score (nSPS) is 12.9. The minimum atomic E-state index is -5.77. The molecule has 0 aromatic carbocycles. The molecule has 0 N–H and O–H groups in total. The fourth-order valence-electron chi connectivity index (χ4n) is 1.77. The Morgan fingerprint density at radius 2 is 1.74 bits per heavy atom. The third-order valence-corrected chi connectivity index (χ3v) is 5.17. The third-order valence-electron chi connectivity index (χ3n) is 3.22. The average Bonchev–Trinajstić information content (AvgIpc) is 2.59. The molecule has 0 aliphatic rings. The molecule has 27 heavy (non-hydrogen) atoms. The van der Waals surface area contributed by atoms with Crippen molar-refractivity contribution in [1.29, 1.82) is 0 Å². The fourth-order valence-corrected chi connectivity index (χ4v) is 3.06. The maximum atomic E-state index is 12.8. The highest BCUT2D eigenvalue weighted by molar-refractivity contribution is 7.91. The molecule has 13 heteroatoms. The second kappa shape index (κ2) is 7.50. The van der Waals surface area contributed by atoms with Crippen molar-refractivity contribution in [1.82, 2.24) is 15.0 Å². The van der Waals surface area contributed by atoms with Crippen LogP contribution in [0, 0.1) is 0 Å². The van der Waals surface area contributed by atoms with Crippen LogP contribution in [0.5, 0.6) is 5.88 Å². The molecule has 0 saturated carbocycles. The van der Waals surface area contributed by atoms with Crippen LogP contribution >= 0.6 is 11.6 Å². The van der Waals surface area contributed by atoms with Crippen LogP contribution < -0.4 is 4.74 Å². The quantitative estimate of drug-likeness (QED) is 0.650. The van der Waals surface area contributed by atoms with Gasteiger partial charge in [-0.25, -0.2) is 18.4 Å². The number of nitrogens with zero attached hydrogens (tertiary/aromatic N) is 3. The van der Waals surface area contributed by atoms with Gasteiger partial charge >= 0.3 is 12.1 Å². The lowest BCUT2D eigenvalue weighted by Crippen LogP contribution is -2.41. The summed E-state index contributed by atoms with van der Waals surface area (Å²) in [5, 5.41) is 0.0630. The Bertz CT molecular complexity index is 921.